The minimum absolute atomic E-state index is 0.0290. The van der Waals surface area contributed by atoms with Crippen LogP contribution in [0.5, 0.6) is 0 Å². The molecule has 1 atom stereocenters. The van der Waals surface area contributed by atoms with Crippen LogP contribution in [0.1, 0.15) is 23.7 Å². The summed E-state index contributed by atoms with van der Waals surface area (Å²) in [5.74, 6) is -1.61. The molecule has 1 aliphatic heterocycles. The van der Waals surface area contributed by atoms with Gasteiger partial charge in [0.05, 0.1) is 16.3 Å². The molecule has 2 aromatic rings. The number of carbonyl (C=O) groups excluding carboxylic acids is 2. The van der Waals surface area contributed by atoms with Gasteiger partial charge in [0.25, 0.3) is 5.91 Å². The Bertz CT molecular complexity index is 845. The number of rotatable bonds is 3. The zero-order valence-electron chi connectivity index (χ0n) is 14.1. The van der Waals surface area contributed by atoms with Crippen molar-refractivity contribution >= 4 is 40.9 Å². The number of hydrogen-bond donors (Lipinski definition) is 0. The lowest BCUT2D eigenvalue weighted by molar-refractivity contribution is -0.121. The minimum atomic E-state index is -0.755. The highest BCUT2D eigenvalue weighted by atomic mass is 35.5. The fourth-order valence-electron chi connectivity index (χ4n) is 2.68. The zero-order chi connectivity index (χ0) is 18.7. The van der Waals surface area contributed by atoms with Crippen LogP contribution < -0.4 is 4.90 Å². The van der Waals surface area contributed by atoms with E-state index in [9.17, 15) is 14.0 Å². The second-order valence-corrected chi connectivity index (χ2v) is 7.82. The van der Waals surface area contributed by atoms with Crippen LogP contribution in [0.25, 0.3) is 0 Å². The average molecular weight is 394 g/mol. The fraction of sp³-hybridized carbons (Fsp3) is 0.263. The molecule has 0 aliphatic carbocycles. The number of esters is 1. The number of ether oxygens (including phenoxy) is 1. The van der Waals surface area contributed by atoms with Crippen molar-refractivity contribution in [3.8, 4) is 0 Å². The summed E-state index contributed by atoms with van der Waals surface area (Å²) < 4.78 is 18.2. The normalized spacial score (nSPS) is 16.6. The standard InChI is InChI=1S/C19H17ClFNO3S/c1-12-8-9-22(16-4-2-3-5-17(16)26-12)18(23)11-25-19(24)14-7-6-13(21)10-15(14)20/h2-7,10,12H,8-9,11H2,1H3. The maximum Gasteiger partial charge on any atom is 0.340 e. The molecule has 0 aromatic heterocycles. The summed E-state index contributed by atoms with van der Waals surface area (Å²) in [5, 5.41) is 0.335. The van der Waals surface area contributed by atoms with Crippen molar-refractivity contribution in [3.05, 3.63) is 58.9 Å². The molecule has 2 aromatic carbocycles. The summed E-state index contributed by atoms with van der Waals surface area (Å²) in [6.07, 6.45) is 0.836. The average Bonchev–Trinajstić information content (AvgIpc) is 2.77. The Morgan fingerprint density at radius 3 is 2.85 bits per heavy atom. The van der Waals surface area contributed by atoms with E-state index < -0.39 is 18.4 Å². The van der Waals surface area contributed by atoms with Crippen LogP contribution in [0, 0.1) is 5.82 Å². The molecule has 1 unspecified atom stereocenters. The molecule has 0 N–H and O–H groups in total. The third-order valence-electron chi connectivity index (χ3n) is 4.02. The summed E-state index contributed by atoms with van der Waals surface area (Å²) in [6, 6.07) is 11.1. The van der Waals surface area contributed by atoms with Crippen LogP contribution in [-0.2, 0) is 9.53 Å². The molecule has 0 radical (unpaired) electrons. The van der Waals surface area contributed by atoms with E-state index in [2.05, 4.69) is 6.92 Å². The van der Waals surface area contributed by atoms with Crippen molar-refractivity contribution < 1.29 is 18.7 Å². The van der Waals surface area contributed by atoms with Gasteiger partial charge in [-0.15, -0.1) is 11.8 Å². The zero-order valence-corrected chi connectivity index (χ0v) is 15.6. The number of carbonyl (C=O) groups is 2. The van der Waals surface area contributed by atoms with Crippen LogP contribution in [0.15, 0.2) is 47.4 Å². The van der Waals surface area contributed by atoms with Gasteiger partial charge in [-0.1, -0.05) is 30.7 Å². The van der Waals surface area contributed by atoms with Gasteiger partial charge in [0.1, 0.15) is 5.82 Å². The minimum Gasteiger partial charge on any atom is -0.452 e. The van der Waals surface area contributed by atoms with Crippen molar-refractivity contribution in [2.24, 2.45) is 0 Å². The molecular formula is C19H17ClFNO3S. The van der Waals surface area contributed by atoms with Crippen LogP contribution in [0.3, 0.4) is 0 Å². The summed E-state index contributed by atoms with van der Waals surface area (Å²) in [5.41, 5.74) is 0.851. The molecule has 3 rings (SSSR count). The van der Waals surface area contributed by atoms with Gasteiger partial charge in [0, 0.05) is 16.7 Å². The Labute approximate surface area is 160 Å². The van der Waals surface area contributed by atoms with Crippen molar-refractivity contribution in [1.29, 1.82) is 0 Å². The largest absolute Gasteiger partial charge is 0.452 e. The molecule has 26 heavy (non-hydrogen) atoms. The first-order valence-electron chi connectivity index (χ1n) is 8.14. The molecule has 1 aliphatic rings. The highest BCUT2D eigenvalue weighted by Crippen LogP contribution is 2.37. The Morgan fingerprint density at radius 1 is 1.31 bits per heavy atom. The van der Waals surface area contributed by atoms with Gasteiger partial charge in [-0.2, -0.15) is 0 Å². The maximum absolute atomic E-state index is 13.1. The van der Waals surface area contributed by atoms with Crippen LogP contribution >= 0.6 is 23.4 Å². The summed E-state index contributed by atoms with van der Waals surface area (Å²) in [6.45, 7) is 2.27. The Morgan fingerprint density at radius 2 is 2.08 bits per heavy atom. The molecule has 1 heterocycles. The third-order valence-corrected chi connectivity index (χ3v) is 5.57. The van der Waals surface area contributed by atoms with Crippen molar-refractivity contribution in [2.45, 2.75) is 23.5 Å². The first-order chi connectivity index (χ1) is 12.5. The number of amides is 1. The first-order valence-corrected chi connectivity index (χ1v) is 9.39. The Hall–Kier alpha value is -2.05. The number of benzene rings is 2. The first kappa shape index (κ1) is 18.7. The monoisotopic (exact) mass is 393 g/mol. The lowest BCUT2D eigenvalue weighted by Gasteiger charge is -2.22. The van der Waals surface area contributed by atoms with E-state index in [4.69, 9.17) is 16.3 Å². The second-order valence-electron chi connectivity index (χ2n) is 5.93. The van der Waals surface area contributed by atoms with Gasteiger partial charge in [-0.3, -0.25) is 4.79 Å². The number of halogens is 2. The third kappa shape index (κ3) is 4.19. The van der Waals surface area contributed by atoms with Gasteiger partial charge in [-0.25, -0.2) is 9.18 Å². The number of thioether (sulfide) groups is 1. The summed E-state index contributed by atoms with van der Waals surface area (Å²) in [4.78, 5) is 27.4. The van der Waals surface area contributed by atoms with Crippen LogP contribution in [0.2, 0.25) is 5.02 Å². The Balaban J connectivity index is 1.71. The van der Waals surface area contributed by atoms with Gasteiger partial charge in [-0.05, 0) is 36.8 Å². The van der Waals surface area contributed by atoms with E-state index in [1.54, 1.807) is 16.7 Å². The maximum atomic E-state index is 13.1. The molecule has 0 spiro atoms. The number of hydrogen-bond acceptors (Lipinski definition) is 4. The Kier molecular flexibility index (Phi) is 5.84. The quantitative estimate of drug-likeness (QED) is 0.717. The highest BCUT2D eigenvalue weighted by Gasteiger charge is 2.25. The second kappa shape index (κ2) is 8.10. The lowest BCUT2D eigenvalue weighted by Crippen LogP contribution is -2.35. The van der Waals surface area contributed by atoms with Crippen molar-refractivity contribution in [2.75, 3.05) is 18.1 Å². The van der Waals surface area contributed by atoms with Crippen LogP contribution in [-0.4, -0.2) is 30.3 Å². The predicted octanol–water partition coefficient (Wildman–Crippen LogP) is 4.55. The number of nitrogens with zero attached hydrogens (tertiary/aromatic N) is 1. The predicted molar refractivity (Wildman–Crippen MR) is 100 cm³/mol. The number of para-hydroxylation sites is 1. The van der Waals surface area contributed by atoms with Gasteiger partial charge in [0.2, 0.25) is 0 Å². The SMILES string of the molecule is CC1CCN(C(=O)COC(=O)c2ccc(F)cc2Cl)c2ccccc2S1. The molecule has 0 bridgehead atoms. The fourth-order valence-corrected chi connectivity index (χ4v) is 4.04. The van der Waals surface area contributed by atoms with E-state index >= 15 is 0 Å². The highest BCUT2D eigenvalue weighted by molar-refractivity contribution is 8.00. The van der Waals surface area contributed by atoms with Crippen molar-refractivity contribution in [1.82, 2.24) is 0 Å². The smallest absolute Gasteiger partial charge is 0.340 e. The number of anilines is 1. The molecule has 4 nitrogen and oxygen atoms in total. The topological polar surface area (TPSA) is 46.6 Å². The molecule has 0 saturated heterocycles. The van der Waals surface area contributed by atoms with Gasteiger partial charge >= 0.3 is 5.97 Å². The molecule has 0 fully saturated rings. The lowest BCUT2D eigenvalue weighted by atomic mass is 10.2. The number of fused-ring (bicyclic) bond motifs is 1. The summed E-state index contributed by atoms with van der Waals surface area (Å²) >= 11 is 7.58. The van der Waals surface area contributed by atoms with Crippen molar-refractivity contribution in [3.63, 3.8) is 0 Å². The van der Waals surface area contributed by atoms with Crippen LogP contribution in [0.4, 0.5) is 10.1 Å². The van der Waals surface area contributed by atoms with E-state index in [1.807, 2.05) is 24.3 Å². The van der Waals surface area contributed by atoms with E-state index in [0.717, 1.165) is 29.1 Å². The molecule has 7 heteroatoms. The molecule has 0 saturated carbocycles. The molecule has 1 amide bonds. The van der Waals surface area contributed by atoms with Gasteiger partial charge < -0.3 is 9.64 Å². The van der Waals surface area contributed by atoms with E-state index in [-0.39, 0.29) is 16.5 Å². The molecular weight excluding hydrogens is 377 g/mol. The van der Waals surface area contributed by atoms with E-state index in [1.165, 1.54) is 6.07 Å². The van der Waals surface area contributed by atoms with E-state index in [0.29, 0.717) is 11.8 Å². The van der Waals surface area contributed by atoms with Gasteiger partial charge in [0.15, 0.2) is 6.61 Å². The summed E-state index contributed by atoms with van der Waals surface area (Å²) in [7, 11) is 0. The molecule has 136 valence electrons.